The minimum atomic E-state index is -4.28. The molecule has 234 valence electrons. The molecule has 2 aromatic rings. The molecule has 0 atom stereocenters. The number of quaternary nitrogens is 1. The maximum Gasteiger partial charge on any atom is 0.218 e. The number of nitrogens with one attached hydrogen (secondary N) is 2. The van der Waals surface area contributed by atoms with Crippen molar-refractivity contribution in [1.82, 2.24) is 0 Å². The molecule has 2 rings (SSSR count). The summed E-state index contributed by atoms with van der Waals surface area (Å²) >= 11 is 9.55. The Balaban J connectivity index is 0.000000411. The third-order valence-corrected chi connectivity index (χ3v) is 8.39. The molecular formula is C31H52ClN3O4S2. The Kier molecular flexibility index (Phi) is 18.7. The average molecular weight is 630 g/mol. The van der Waals surface area contributed by atoms with Gasteiger partial charge in [0, 0.05) is 5.69 Å². The smallest absolute Gasteiger partial charge is 0.218 e. The fourth-order valence-corrected chi connectivity index (χ4v) is 5.70. The number of hydrogen-bond donors (Lipinski definition) is 2. The fourth-order valence-electron chi connectivity index (χ4n) is 4.46. The topological polar surface area (TPSA) is 100 Å². The summed E-state index contributed by atoms with van der Waals surface area (Å²) in [7, 11) is 2.60. The third kappa shape index (κ3) is 17.9. The van der Waals surface area contributed by atoms with Crippen molar-refractivity contribution in [2.45, 2.75) is 108 Å². The summed E-state index contributed by atoms with van der Waals surface area (Å²) in [5, 5.41) is 9.18. The summed E-state index contributed by atoms with van der Waals surface area (Å²) in [5.41, 5.74) is 0.323. The highest BCUT2D eigenvalue weighted by atomic mass is 35.5. The molecule has 0 unspecified atom stereocenters. The standard InChI is InChI=1S/C19H42N.C12H11ClN2O4S2/c1-5-6-7-8-9-10-11-12-13-14-15-16-17-18-19-20(2,3)4;13-9-5-10(15-6-7-2-1-3-19-7)8(12(16)20)4-11(9)21(14,17)18/h5-19H2,1-4H3;1-5H,6H2,(H4,14,15,16,17,18,20)/q+1;/p-1. The van der Waals surface area contributed by atoms with Crippen molar-refractivity contribution in [2.24, 2.45) is 0 Å². The predicted octanol–water partition coefficient (Wildman–Crippen LogP) is 9.53. The van der Waals surface area contributed by atoms with Gasteiger partial charge in [-0.1, -0.05) is 95.6 Å². The van der Waals surface area contributed by atoms with E-state index in [0.717, 1.165) is 10.5 Å². The van der Waals surface area contributed by atoms with Crippen LogP contribution in [-0.2, 0) is 16.6 Å². The Morgan fingerprint density at radius 2 is 1.44 bits per heavy atom. The van der Waals surface area contributed by atoms with Crippen molar-refractivity contribution in [2.75, 3.05) is 33.0 Å². The molecule has 0 bridgehead atoms. The van der Waals surface area contributed by atoms with Crippen molar-refractivity contribution < 1.29 is 22.1 Å². The Morgan fingerprint density at radius 3 is 1.85 bits per heavy atom. The maximum atomic E-state index is 11.5. The molecule has 1 aromatic heterocycles. The molecule has 0 aliphatic carbocycles. The lowest BCUT2D eigenvalue weighted by molar-refractivity contribution is -0.870. The largest absolute Gasteiger partial charge is 0.560 e. The van der Waals surface area contributed by atoms with Gasteiger partial charge in [0.05, 0.1) is 56.0 Å². The van der Waals surface area contributed by atoms with Crippen molar-refractivity contribution in [3.8, 4) is 0 Å². The van der Waals surface area contributed by atoms with Crippen LogP contribution in [0.2, 0.25) is 5.02 Å². The van der Waals surface area contributed by atoms with Crippen LogP contribution in [0.5, 0.6) is 0 Å². The molecular weight excluding hydrogens is 578 g/mol. The molecule has 0 fully saturated rings. The van der Waals surface area contributed by atoms with Crippen LogP contribution < -0.4 is 5.32 Å². The minimum absolute atomic E-state index is 0.0140. The lowest BCUT2D eigenvalue weighted by Gasteiger charge is -2.23. The molecule has 10 heteroatoms. The molecule has 0 amide bonds. The van der Waals surface area contributed by atoms with Gasteiger partial charge in [-0.25, -0.2) is 8.42 Å². The van der Waals surface area contributed by atoms with Gasteiger partial charge in [-0.3, -0.25) is 4.79 Å². The van der Waals surface area contributed by atoms with Gasteiger partial charge in [0.15, 0.2) is 0 Å². The number of carbonyl (C=O) groups is 1. The summed E-state index contributed by atoms with van der Waals surface area (Å²) in [4.78, 5) is 11.1. The summed E-state index contributed by atoms with van der Waals surface area (Å²) < 4.78 is 28.9. The number of nitrogens with zero attached hydrogens (tertiary/aromatic N) is 1. The van der Waals surface area contributed by atoms with Crippen LogP contribution in [0, 0.1) is 0 Å². The lowest BCUT2D eigenvalue weighted by Crippen LogP contribution is -2.35. The number of carbonyl (C=O) groups excluding carboxylic acids is 1. The van der Waals surface area contributed by atoms with Gasteiger partial charge in [-0.2, -0.15) is 0 Å². The van der Waals surface area contributed by atoms with Gasteiger partial charge in [-0.05, 0) is 37.1 Å². The minimum Gasteiger partial charge on any atom is -0.560 e. The summed E-state index contributed by atoms with van der Waals surface area (Å²) in [5.74, 6) is 0.626. The third-order valence-electron chi connectivity index (χ3n) is 6.81. The number of unbranched alkanes of at least 4 members (excludes halogenated alkanes) is 13. The Labute approximate surface area is 259 Å². The summed E-state index contributed by atoms with van der Waals surface area (Å²) in [6.45, 7) is 3.91. The van der Waals surface area contributed by atoms with Crippen LogP contribution in [0.4, 0.5) is 5.69 Å². The molecule has 0 saturated carbocycles. The highest BCUT2D eigenvalue weighted by molar-refractivity contribution is 7.97. The first kappa shape index (κ1) is 37.5. The van der Waals surface area contributed by atoms with Gasteiger partial charge >= 0.3 is 0 Å². The number of sulfonamides is 1. The van der Waals surface area contributed by atoms with E-state index in [1.54, 1.807) is 12.1 Å². The Morgan fingerprint density at radius 1 is 0.927 bits per heavy atom. The zero-order valence-electron chi connectivity index (χ0n) is 25.5. The van der Waals surface area contributed by atoms with E-state index < -0.39 is 20.0 Å². The first-order valence-corrected chi connectivity index (χ1v) is 17.3. The molecule has 0 spiro atoms. The van der Waals surface area contributed by atoms with E-state index in [-0.39, 0.29) is 17.1 Å². The first-order chi connectivity index (χ1) is 19.3. The first-order valence-electron chi connectivity index (χ1n) is 15.0. The van der Waals surface area contributed by atoms with Crippen molar-refractivity contribution in [3.63, 3.8) is 0 Å². The lowest BCUT2D eigenvalue weighted by atomic mass is 10.0. The molecule has 0 radical (unpaired) electrons. The molecule has 0 aliphatic rings. The van der Waals surface area contributed by atoms with Crippen LogP contribution >= 0.6 is 24.2 Å². The predicted molar refractivity (Wildman–Crippen MR) is 176 cm³/mol. The molecule has 7 nitrogen and oxygen atoms in total. The molecule has 0 saturated heterocycles. The number of rotatable bonds is 20. The molecule has 0 aliphatic heterocycles. The zero-order valence-corrected chi connectivity index (χ0v) is 28.0. The fraction of sp³-hybridized carbons (Fsp3) is 0.645. The van der Waals surface area contributed by atoms with E-state index in [1.807, 2.05) is 0 Å². The highest BCUT2D eigenvalue weighted by Gasteiger charge is 2.16. The zero-order chi connectivity index (χ0) is 30.7. The van der Waals surface area contributed by atoms with E-state index >= 15 is 0 Å². The SMILES string of the molecule is CCCCCCCCCCCCCCCC[N+](C)(C)C.[NH-]S(=O)(=O)c1cc(C(=O)S)c(NCc2ccco2)cc1Cl. The van der Waals surface area contributed by atoms with E-state index in [0.29, 0.717) is 11.4 Å². The van der Waals surface area contributed by atoms with E-state index in [2.05, 4.69) is 46.0 Å². The second kappa shape index (κ2) is 20.4. The molecule has 1 heterocycles. The van der Waals surface area contributed by atoms with Crippen LogP contribution in [0.3, 0.4) is 0 Å². The van der Waals surface area contributed by atoms with Gasteiger partial charge in [0.2, 0.25) is 5.12 Å². The Hall–Kier alpha value is -1.52. The van der Waals surface area contributed by atoms with Gasteiger partial charge in [0.25, 0.3) is 0 Å². The van der Waals surface area contributed by atoms with Crippen LogP contribution in [-0.4, -0.2) is 45.7 Å². The highest BCUT2D eigenvalue weighted by Crippen LogP contribution is 2.31. The number of hydrogen-bond acceptors (Lipinski definition) is 5. The van der Waals surface area contributed by atoms with E-state index in [9.17, 15) is 13.2 Å². The monoisotopic (exact) mass is 629 g/mol. The number of thiol groups is 1. The molecule has 2 N–H and O–H groups in total. The number of halogens is 1. The summed E-state index contributed by atoms with van der Waals surface area (Å²) in [6, 6.07) is 5.75. The second-order valence-corrected chi connectivity index (χ2v) is 13.9. The number of anilines is 1. The van der Waals surface area contributed by atoms with Crippen molar-refractivity contribution in [3.05, 3.63) is 52.0 Å². The van der Waals surface area contributed by atoms with Crippen molar-refractivity contribution in [1.29, 1.82) is 0 Å². The van der Waals surface area contributed by atoms with Gasteiger partial charge < -0.3 is 19.4 Å². The average Bonchev–Trinajstić information content (AvgIpc) is 3.40. The number of furan rings is 1. The van der Waals surface area contributed by atoms with Crippen LogP contribution in [0.15, 0.2) is 39.8 Å². The van der Waals surface area contributed by atoms with E-state index in [1.165, 1.54) is 109 Å². The summed E-state index contributed by atoms with van der Waals surface area (Å²) in [6.07, 6.45) is 21.9. The van der Waals surface area contributed by atoms with Crippen LogP contribution in [0.1, 0.15) is 113 Å². The maximum absolute atomic E-state index is 11.5. The van der Waals surface area contributed by atoms with Gasteiger partial charge in [-0.15, -0.1) is 12.6 Å². The molecule has 1 aromatic carbocycles. The normalized spacial score (nSPS) is 11.7. The quantitative estimate of drug-likeness (QED) is 0.0863. The Bertz CT molecular complexity index is 1100. The number of benzene rings is 1. The molecule has 41 heavy (non-hydrogen) atoms. The van der Waals surface area contributed by atoms with Crippen molar-refractivity contribution >= 4 is 45.1 Å². The second-order valence-electron chi connectivity index (χ2n) is 11.7. The van der Waals surface area contributed by atoms with Crippen LogP contribution in [0.25, 0.3) is 5.14 Å². The van der Waals surface area contributed by atoms with E-state index in [4.69, 9.17) is 21.2 Å². The van der Waals surface area contributed by atoms with Gasteiger partial charge in [0.1, 0.15) is 15.8 Å².